The molecule has 2 atom stereocenters. The van der Waals surface area contributed by atoms with E-state index in [1.807, 2.05) is 0 Å². The Morgan fingerprint density at radius 3 is 2.70 bits per heavy atom. The molecular formula is C14H26N2O4. The van der Waals surface area contributed by atoms with Crippen LogP contribution in [-0.2, 0) is 14.3 Å². The van der Waals surface area contributed by atoms with E-state index in [0.717, 1.165) is 6.42 Å². The standard InChI is InChI=1S/C14H26N2O4/c1-10(2)5-11(8-15)6-13(17)16-3-4-20-9-12(16)7-14(18)19/h10-12H,3-9,15H2,1-2H3,(H,18,19). The lowest BCUT2D eigenvalue weighted by atomic mass is 9.93. The fourth-order valence-corrected chi connectivity index (χ4v) is 2.65. The molecule has 0 aromatic rings. The van der Waals surface area contributed by atoms with E-state index in [1.54, 1.807) is 4.90 Å². The third-order valence-corrected chi connectivity index (χ3v) is 3.56. The predicted octanol–water partition coefficient (Wildman–Crippen LogP) is 0.700. The zero-order chi connectivity index (χ0) is 15.1. The highest BCUT2D eigenvalue weighted by Crippen LogP contribution is 2.19. The van der Waals surface area contributed by atoms with E-state index in [2.05, 4.69) is 13.8 Å². The molecule has 1 fully saturated rings. The number of amides is 1. The van der Waals surface area contributed by atoms with E-state index in [4.69, 9.17) is 15.6 Å². The number of carboxylic acids is 1. The Kier molecular flexibility index (Phi) is 6.95. The van der Waals surface area contributed by atoms with Gasteiger partial charge in [-0.2, -0.15) is 0 Å². The van der Waals surface area contributed by atoms with Crippen molar-refractivity contribution in [2.24, 2.45) is 17.6 Å². The van der Waals surface area contributed by atoms with E-state index in [9.17, 15) is 9.59 Å². The average molecular weight is 286 g/mol. The molecule has 1 aliphatic heterocycles. The summed E-state index contributed by atoms with van der Waals surface area (Å²) in [7, 11) is 0. The summed E-state index contributed by atoms with van der Waals surface area (Å²) in [5.41, 5.74) is 5.72. The van der Waals surface area contributed by atoms with Crippen LogP contribution < -0.4 is 5.73 Å². The van der Waals surface area contributed by atoms with Crippen molar-refractivity contribution in [1.29, 1.82) is 0 Å². The fraction of sp³-hybridized carbons (Fsp3) is 0.857. The minimum atomic E-state index is -0.907. The second kappa shape index (κ2) is 8.21. The highest BCUT2D eigenvalue weighted by molar-refractivity contribution is 5.78. The molecule has 6 heteroatoms. The van der Waals surface area contributed by atoms with E-state index in [0.29, 0.717) is 38.6 Å². The van der Waals surface area contributed by atoms with Crippen LogP contribution in [0.5, 0.6) is 0 Å². The van der Waals surface area contributed by atoms with Crippen molar-refractivity contribution in [3.8, 4) is 0 Å². The van der Waals surface area contributed by atoms with E-state index in [-0.39, 0.29) is 24.3 Å². The average Bonchev–Trinajstić information content (AvgIpc) is 2.37. The second-order valence-electron chi connectivity index (χ2n) is 5.85. The first-order chi connectivity index (χ1) is 9.43. The van der Waals surface area contributed by atoms with Gasteiger partial charge in [-0.25, -0.2) is 0 Å². The molecule has 116 valence electrons. The summed E-state index contributed by atoms with van der Waals surface area (Å²) in [6, 6.07) is -0.355. The highest BCUT2D eigenvalue weighted by Gasteiger charge is 2.30. The molecule has 0 spiro atoms. The van der Waals surface area contributed by atoms with Crippen molar-refractivity contribution in [1.82, 2.24) is 4.90 Å². The fourth-order valence-electron chi connectivity index (χ4n) is 2.65. The second-order valence-corrected chi connectivity index (χ2v) is 5.85. The number of aliphatic carboxylic acids is 1. The van der Waals surface area contributed by atoms with Gasteiger partial charge in [0.2, 0.25) is 5.91 Å². The number of hydrogen-bond donors (Lipinski definition) is 2. The molecule has 0 aromatic heterocycles. The number of ether oxygens (including phenoxy) is 1. The van der Waals surface area contributed by atoms with Crippen molar-refractivity contribution >= 4 is 11.9 Å². The Balaban J connectivity index is 2.59. The van der Waals surface area contributed by atoms with Gasteiger partial charge in [-0.15, -0.1) is 0 Å². The van der Waals surface area contributed by atoms with Gasteiger partial charge in [-0.3, -0.25) is 9.59 Å². The molecule has 1 heterocycles. The van der Waals surface area contributed by atoms with Crippen LogP contribution in [0.4, 0.5) is 0 Å². The van der Waals surface area contributed by atoms with Crippen molar-refractivity contribution in [2.75, 3.05) is 26.3 Å². The van der Waals surface area contributed by atoms with Crippen LogP contribution >= 0.6 is 0 Å². The van der Waals surface area contributed by atoms with Crippen molar-refractivity contribution in [2.45, 2.75) is 39.2 Å². The van der Waals surface area contributed by atoms with Gasteiger partial charge in [-0.05, 0) is 24.8 Å². The maximum Gasteiger partial charge on any atom is 0.305 e. The summed E-state index contributed by atoms with van der Waals surface area (Å²) in [6.45, 7) is 5.94. The minimum Gasteiger partial charge on any atom is -0.481 e. The van der Waals surface area contributed by atoms with Gasteiger partial charge in [0.05, 0.1) is 25.7 Å². The Bertz CT molecular complexity index is 333. The van der Waals surface area contributed by atoms with Gasteiger partial charge in [0, 0.05) is 13.0 Å². The molecule has 0 saturated carbocycles. The molecule has 6 nitrogen and oxygen atoms in total. The molecule has 1 aliphatic rings. The quantitative estimate of drug-likeness (QED) is 0.718. The molecule has 2 unspecified atom stereocenters. The number of carbonyl (C=O) groups excluding carboxylic acids is 1. The normalized spacial score (nSPS) is 21.0. The summed E-state index contributed by atoms with van der Waals surface area (Å²) in [5, 5.41) is 8.90. The molecule has 20 heavy (non-hydrogen) atoms. The Morgan fingerprint density at radius 1 is 1.45 bits per heavy atom. The molecule has 1 rings (SSSR count). The van der Waals surface area contributed by atoms with Crippen LogP contribution in [0, 0.1) is 11.8 Å². The highest BCUT2D eigenvalue weighted by atomic mass is 16.5. The zero-order valence-corrected chi connectivity index (χ0v) is 12.4. The third-order valence-electron chi connectivity index (χ3n) is 3.56. The lowest BCUT2D eigenvalue weighted by molar-refractivity contribution is -0.146. The van der Waals surface area contributed by atoms with Gasteiger partial charge in [-0.1, -0.05) is 13.8 Å². The number of nitrogens with zero attached hydrogens (tertiary/aromatic N) is 1. The van der Waals surface area contributed by atoms with Crippen LogP contribution in [-0.4, -0.2) is 54.2 Å². The monoisotopic (exact) mass is 286 g/mol. The summed E-state index contributed by atoms with van der Waals surface area (Å²) >= 11 is 0. The first-order valence-electron chi connectivity index (χ1n) is 7.23. The molecule has 1 amide bonds. The zero-order valence-electron chi connectivity index (χ0n) is 12.4. The molecule has 1 saturated heterocycles. The van der Waals surface area contributed by atoms with Crippen molar-refractivity contribution in [3.63, 3.8) is 0 Å². The van der Waals surface area contributed by atoms with Crippen molar-refractivity contribution < 1.29 is 19.4 Å². The van der Waals surface area contributed by atoms with Crippen LogP contribution in [0.25, 0.3) is 0 Å². The molecule has 3 N–H and O–H groups in total. The summed E-state index contributed by atoms with van der Waals surface area (Å²) in [4.78, 5) is 24.9. The largest absolute Gasteiger partial charge is 0.481 e. The smallest absolute Gasteiger partial charge is 0.305 e. The number of rotatable bonds is 7. The predicted molar refractivity (Wildman–Crippen MR) is 75.2 cm³/mol. The first-order valence-corrected chi connectivity index (χ1v) is 7.23. The van der Waals surface area contributed by atoms with Crippen molar-refractivity contribution in [3.05, 3.63) is 0 Å². The van der Waals surface area contributed by atoms with Gasteiger partial charge < -0.3 is 20.5 Å². The lowest BCUT2D eigenvalue weighted by Crippen LogP contribution is -2.50. The maximum absolute atomic E-state index is 12.4. The number of nitrogens with two attached hydrogens (primary N) is 1. The van der Waals surface area contributed by atoms with Gasteiger partial charge in [0.15, 0.2) is 0 Å². The number of hydrogen-bond acceptors (Lipinski definition) is 4. The SMILES string of the molecule is CC(C)CC(CN)CC(=O)N1CCOCC1CC(=O)O. The van der Waals surface area contributed by atoms with E-state index >= 15 is 0 Å². The summed E-state index contributed by atoms with van der Waals surface area (Å²) < 4.78 is 5.28. The van der Waals surface area contributed by atoms with Crippen LogP contribution in [0.3, 0.4) is 0 Å². The van der Waals surface area contributed by atoms with Crippen LogP contribution in [0.15, 0.2) is 0 Å². The van der Waals surface area contributed by atoms with E-state index in [1.165, 1.54) is 0 Å². The van der Waals surface area contributed by atoms with Gasteiger partial charge >= 0.3 is 5.97 Å². The summed E-state index contributed by atoms with van der Waals surface area (Å²) in [5.74, 6) is -0.252. The summed E-state index contributed by atoms with van der Waals surface area (Å²) in [6.07, 6.45) is 1.24. The first kappa shape index (κ1) is 16.9. The third kappa shape index (κ3) is 5.46. The molecule has 0 radical (unpaired) electrons. The Labute approximate surface area is 120 Å². The maximum atomic E-state index is 12.4. The molecule has 0 aliphatic carbocycles. The Hall–Kier alpha value is -1.14. The minimum absolute atomic E-state index is 0.00403. The van der Waals surface area contributed by atoms with Crippen LogP contribution in [0.2, 0.25) is 0 Å². The number of carbonyl (C=O) groups is 2. The molecule has 0 bridgehead atoms. The Morgan fingerprint density at radius 2 is 2.15 bits per heavy atom. The van der Waals surface area contributed by atoms with Gasteiger partial charge in [0.25, 0.3) is 0 Å². The van der Waals surface area contributed by atoms with Crippen LogP contribution in [0.1, 0.15) is 33.1 Å². The molecule has 0 aromatic carbocycles. The number of morpholine rings is 1. The molecular weight excluding hydrogens is 260 g/mol. The van der Waals surface area contributed by atoms with E-state index < -0.39 is 5.97 Å². The topological polar surface area (TPSA) is 92.9 Å². The van der Waals surface area contributed by atoms with Gasteiger partial charge in [0.1, 0.15) is 0 Å². The lowest BCUT2D eigenvalue weighted by Gasteiger charge is -2.35. The number of carboxylic acid groups (broad SMARTS) is 1.